The number of hydrogen-bond donors (Lipinski definition) is 0. The average Bonchev–Trinajstić information content (AvgIpc) is 1.62. The first-order chi connectivity index (χ1) is 8.00. The molecule has 16 nitrogen and oxygen atoms in total. The number of phosphoric acid groups is 4. The minimum atomic E-state index is -5.39. The van der Waals surface area contributed by atoms with E-state index < -0.39 is 31.3 Å². The maximum Gasteiger partial charge on any atom is 4.00 e. The molecule has 0 aliphatic heterocycles. The monoisotopic (exact) mass is 626 g/mol. The van der Waals surface area contributed by atoms with Crippen LogP contribution in [-0.2, 0) is 18.3 Å². The predicted octanol–water partition coefficient (Wildman–Crippen LogP) is -21.1. The van der Waals surface area contributed by atoms with Gasteiger partial charge in [0.15, 0.2) is 0 Å². The minimum absolute atomic E-state index is 0. The zero-order chi connectivity index (χ0) is 18.0. The van der Waals surface area contributed by atoms with Gasteiger partial charge in [0.1, 0.15) is 0 Å². The third-order valence-electron chi connectivity index (χ3n) is 0. The van der Waals surface area contributed by atoms with E-state index >= 15 is 0 Å². The topological polar surface area (TPSA) is 345 Å². The summed E-state index contributed by atoms with van der Waals surface area (Å²) < 4.78 is 34.2. The zero-order valence-corrected chi connectivity index (χ0v) is 22.7. The van der Waals surface area contributed by atoms with Crippen molar-refractivity contribution in [2.75, 3.05) is 0 Å². The van der Waals surface area contributed by atoms with Gasteiger partial charge in [-0.25, -0.2) is 0 Å². The zero-order valence-electron chi connectivity index (χ0n) is 15.8. The first-order valence-corrected chi connectivity index (χ1v) is 8.76. The molecular weight excluding hydrogens is 619 g/mol. The molecule has 0 unspecified atom stereocenters. The van der Waals surface area contributed by atoms with Crippen molar-refractivity contribution in [2.24, 2.45) is 0 Å². The largest absolute Gasteiger partial charge is 4.00 e. The Bertz CT molecular complexity index is 319. The molecule has 26 heteroatoms. The molecule has 0 aromatic heterocycles. The van der Waals surface area contributed by atoms with Gasteiger partial charge in [-0.1, -0.05) is 0 Å². The molecular formula is H3Ge3Li3O16P4. The first kappa shape index (κ1) is 63.1. The van der Waals surface area contributed by atoms with Gasteiger partial charge in [0.25, 0.3) is 0 Å². The Kier molecular flexibility index (Phi) is 70.0. The van der Waals surface area contributed by atoms with Crippen LogP contribution in [0.2, 0.25) is 0 Å². The van der Waals surface area contributed by atoms with Gasteiger partial charge in [-0.3, -0.25) is 0 Å². The summed E-state index contributed by atoms with van der Waals surface area (Å²) in [6.07, 6.45) is 0. The summed E-state index contributed by atoms with van der Waals surface area (Å²) in [7, 11) is -21.6. The third kappa shape index (κ3) is 1350. The summed E-state index contributed by atoms with van der Waals surface area (Å²) >= 11 is 0. The van der Waals surface area contributed by atoms with Crippen LogP contribution in [0.25, 0.3) is 0 Å². The molecule has 0 N–H and O–H groups in total. The van der Waals surface area contributed by atoms with Crippen LogP contribution < -0.4 is 115 Å². The second-order valence-electron chi connectivity index (χ2n) is 1.79. The van der Waals surface area contributed by atoms with E-state index in [0.717, 1.165) is 0 Å². The minimum Gasteiger partial charge on any atom is -1.00 e. The van der Waals surface area contributed by atoms with Crippen LogP contribution in [0.1, 0.15) is 4.28 Å². The quantitative estimate of drug-likeness (QED) is 0.179. The van der Waals surface area contributed by atoms with E-state index in [4.69, 9.17) is 77.0 Å². The van der Waals surface area contributed by atoms with E-state index in [9.17, 15) is 0 Å². The van der Waals surface area contributed by atoms with Crippen LogP contribution in [-0.4, -0.2) is 52.8 Å². The molecule has 0 heterocycles. The van der Waals surface area contributed by atoms with Crippen LogP contribution in [0.5, 0.6) is 0 Å². The van der Waals surface area contributed by atoms with E-state index in [1.54, 1.807) is 0 Å². The average molecular weight is 622 g/mol. The van der Waals surface area contributed by atoms with E-state index in [1.807, 2.05) is 0 Å². The fourth-order valence-corrected chi connectivity index (χ4v) is 0. The van der Waals surface area contributed by atoms with Crippen LogP contribution in [0.15, 0.2) is 0 Å². The van der Waals surface area contributed by atoms with Crippen molar-refractivity contribution in [3.63, 3.8) is 0 Å². The summed E-state index contributed by atoms with van der Waals surface area (Å²) in [4.78, 5) is 103. The summed E-state index contributed by atoms with van der Waals surface area (Å²) in [5, 5.41) is 0. The van der Waals surface area contributed by atoms with Gasteiger partial charge in [-0.05, 0) is 0 Å². The second kappa shape index (κ2) is 28.9. The molecule has 0 atom stereocenters. The van der Waals surface area contributed by atoms with Gasteiger partial charge in [-0.15, -0.1) is 0 Å². The van der Waals surface area contributed by atoms with Crippen molar-refractivity contribution in [1.82, 2.24) is 0 Å². The molecule has 0 aromatic rings. The van der Waals surface area contributed by atoms with Crippen LogP contribution >= 0.6 is 31.3 Å². The maximum atomic E-state index is 8.55. The Morgan fingerprint density at radius 2 is 0.346 bits per heavy atom. The van der Waals surface area contributed by atoms with Crippen molar-refractivity contribution in [3.05, 3.63) is 0 Å². The van der Waals surface area contributed by atoms with Crippen LogP contribution in [0.3, 0.4) is 0 Å². The molecule has 0 radical (unpaired) electrons. The molecule has 0 spiro atoms. The van der Waals surface area contributed by atoms with E-state index in [-0.39, 0.29) is 114 Å². The van der Waals surface area contributed by atoms with Crippen LogP contribution in [0, 0.1) is 0 Å². The molecule has 0 aliphatic carbocycles. The van der Waals surface area contributed by atoms with Crippen molar-refractivity contribution in [2.45, 2.75) is 0 Å². The molecule has 0 aromatic carbocycles. The van der Waals surface area contributed by atoms with Crippen molar-refractivity contribution >= 4 is 84.1 Å². The molecule has 26 heavy (non-hydrogen) atoms. The maximum absolute atomic E-state index is 8.55. The van der Waals surface area contributed by atoms with Crippen LogP contribution in [0.4, 0.5) is 0 Å². The molecule has 0 saturated carbocycles. The summed E-state index contributed by atoms with van der Waals surface area (Å²) in [5.41, 5.74) is 0. The molecule has 0 fully saturated rings. The van der Waals surface area contributed by atoms with Gasteiger partial charge in [0.2, 0.25) is 0 Å². The molecule has 0 aliphatic rings. The SMILES string of the molecule is O=P([O-])([O-])[O-].O=P([O-])([O-])[O-].O=P([O-])([O-])[O-].O=P([O-])([O-])[O-].[Ge+4].[Ge+4].[Ge+4].[H-].[H-].[H-].[Li+].[Li+].[Li+]. The Morgan fingerprint density at radius 1 is 0.346 bits per heavy atom. The predicted molar refractivity (Wildman–Crippen MR) is 51.0 cm³/mol. The van der Waals surface area contributed by atoms with E-state index in [2.05, 4.69) is 0 Å². The van der Waals surface area contributed by atoms with E-state index in [0.29, 0.717) is 0 Å². The smallest absolute Gasteiger partial charge is 1.00 e. The number of rotatable bonds is 0. The van der Waals surface area contributed by atoms with Crippen molar-refractivity contribution in [3.8, 4) is 0 Å². The Morgan fingerprint density at radius 3 is 0.346 bits per heavy atom. The molecule has 0 saturated heterocycles. The Balaban J connectivity index is -0.00000000970. The van der Waals surface area contributed by atoms with Gasteiger partial charge in [-0.2, -0.15) is 31.3 Å². The Labute approximate surface area is 220 Å². The van der Waals surface area contributed by atoms with Gasteiger partial charge < -0.3 is 81.3 Å². The van der Waals surface area contributed by atoms with Crippen molar-refractivity contribution in [1.29, 1.82) is 0 Å². The number of hydrogen-bond acceptors (Lipinski definition) is 16. The normalized spacial score (nSPS) is 9.08. The standard InChI is InChI=1S/3Ge.3Li.4H3O4P.3H/c;;;;;;4*1-5(2,3)4;;;/h;;;;;;4*(H3,1,2,3,4);;;/q3*+4;3*+1;;;;;3*-1/p-12. The van der Waals surface area contributed by atoms with Gasteiger partial charge >= 0.3 is 109 Å². The van der Waals surface area contributed by atoms with E-state index in [1.165, 1.54) is 0 Å². The fraction of sp³-hybridized carbons (Fsp3) is 0. The van der Waals surface area contributed by atoms with Crippen molar-refractivity contribution < 1.29 is 138 Å². The molecule has 0 bridgehead atoms. The summed E-state index contributed by atoms with van der Waals surface area (Å²) in [5.74, 6) is 0. The molecule has 0 amide bonds. The summed E-state index contributed by atoms with van der Waals surface area (Å²) in [6.45, 7) is 0. The molecule has 134 valence electrons. The van der Waals surface area contributed by atoms with Gasteiger partial charge in [0, 0.05) is 0 Å². The second-order valence-corrected chi connectivity index (χ2v) is 5.37. The Hall–Kier alpha value is 3.86. The third-order valence-corrected chi connectivity index (χ3v) is 0. The molecule has 0 rings (SSSR count). The fourth-order valence-electron chi connectivity index (χ4n) is 0. The van der Waals surface area contributed by atoms with Gasteiger partial charge in [0.05, 0.1) is 0 Å². The summed E-state index contributed by atoms with van der Waals surface area (Å²) in [6, 6.07) is 0. The first-order valence-electron chi connectivity index (χ1n) is 2.92.